The maximum Gasteiger partial charge on any atom is 0.336 e. The van der Waals surface area contributed by atoms with Crippen LogP contribution in [0.1, 0.15) is 29.2 Å². The number of carbonyl (C=O) groups excluding carboxylic acids is 4. The van der Waals surface area contributed by atoms with Gasteiger partial charge in [-0.1, -0.05) is 56.5 Å². The largest absolute Gasteiger partial charge is 0.423 e. The van der Waals surface area contributed by atoms with Crippen molar-refractivity contribution < 1.29 is 33.4 Å². The molecule has 3 aromatic carbocycles. The van der Waals surface area contributed by atoms with Gasteiger partial charge in [-0.2, -0.15) is 0 Å². The van der Waals surface area contributed by atoms with E-state index in [9.17, 15) is 19.2 Å². The second-order valence-electron chi connectivity index (χ2n) is 8.41. The molecular weight excluding hydrogens is 508 g/mol. The lowest BCUT2D eigenvalue weighted by atomic mass is 10.1. The molecule has 7 nitrogen and oxygen atoms in total. The van der Waals surface area contributed by atoms with E-state index in [4.69, 9.17) is 14.2 Å². The van der Waals surface area contributed by atoms with E-state index < -0.39 is 17.9 Å². The summed E-state index contributed by atoms with van der Waals surface area (Å²) in [6.07, 6.45) is 8.97. The molecule has 0 bridgehead atoms. The molecule has 0 N–H and O–H groups in total. The molecule has 0 unspecified atom stereocenters. The predicted octanol–water partition coefficient (Wildman–Crippen LogP) is 5.88. The minimum absolute atomic E-state index is 0.0619. The Hall–Kier alpha value is -5.30. The number of rotatable bonds is 12. The van der Waals surface area contributed by atoms with Gasteiger partial charge in [0.2, 0.25) is 0 Å². The number of ether oxygens (including phenoxy) is 3. The van der Waals surface area contributed by atoms with E-state index in [-0.39, 0.29) is 12.2 Å². The molecule has 7 heteroatoms. The van der Waals surface area contributed by atoms with Crippen LogP contribution in [-0.4, -0.2) is 23.7 Å². The normalized spacial score (nSPS) is 10.7. The number of aryl methyl sites for hydroxylation is 1. The summed E-state index contributed by atoms with van der Waals surface area (Å²) in [5.74, 6) is -0.729. The highest BCUT2D eigenvalue weighted by Crippen LogP contribution is 2.25. The lowest BCUT2D eigenvalue weighted by Crippen LogP contribution is -2.07. The molecule has 0 heterocycles. The van der Waals surface area contributed by atoms with Gasteiger partial charge in [-0.25, -0.2) is 14.4 Å². The van der Waals surface area contributed by atoms with Crippen LogP contribution in [0.25, 0.3) is 12.2 Å². The van der Waals surface area contributed by atoms with Crippen molar-refractivity contribution in [2.45, 2.75) is 19.8 Å². The summed E-state index contributed by atoms with van der Waals surface area (Å²) in [5.41, 5.74) is 3.04. The molecule has 0 radical (unpaired) electrons. The van der Waals surface area contributed by atoms with E-state index >= 15 is 0 Å². The third-order valence-corrected chi connectivity index (χ3v) is 5.52. The topological polar surface area (TPSA) is 96.0 Å². The van der Waals surface area contributed by atoms with Crippen molar-refractivity contribution in [2.75, 3.05) is 0 Å². The predicted molar refractivity (Wildman–Crippen MR) is 153 cm³/mol. The van der Waals surface area contributed by atoms with Crippen molar-refractivity contribution in [3.63, 3.8) is 0 Å². The Kier molecular flexibility index (Phi) is 10.7. The average molecular weight is 537 g/mol. The Labute approximate surface area is 232 Å². The van der Waals surface area contributed by atoms with Crippen LogP contribution in [0.3, 0.4) is 0 Å². The van der Waals surface area contributed by atoms with Gasteiger partial charge >= 0.3 is 17.9 Å². The number of hydrogen-bond acceptors (Lipinski definition) is 7. The minimum Gasteiger partial charge on any atom is -0.423 e. The average Bonchev–Trinajstić information content (AvgIpc) is 2.97. The lowest BCUT2D eigenvalue weighted by molar-refractivity contribution is -0.130. The first kappa shape index (κ1) is 29.3. The summed E-state index contributed by atoms with van der Waals surface area (Å²) >= 11 is 0. The van der Waals surface area contributed by atoms with Crippen LogP contribution < -0.4 is 14.2 Å². The molecule has 0 aliphatic carbocycles. The molecule has 0 spiro atoms. The molecule has 3 rings (SSSR count). The zero-order chi connectivity index (χ0) is 28.9. The first-order valence-corrected chi connectivity index (χ1v) is 12.4. The van der Waals surface area contributed by atoms with Gasteiger partial charge in [0.25, 0.3) is 0 Å². The van der Waals surface area contributed by atoms with E-state index in [2.05, 4.69) is 13.2 Å². The van der Waals surface area contributed by atoms with Crippen LogP contribution in [0.15, 0.2) is 104 Å². The van der Waals surface area contributed by atoms with Crippen LogP contribution in [0.2, 0.25) is 0 Å². The molecular formula is C33H28O7. The summed E-state index contributed by atoms with van der Waals surface area (Å²) in [6.45, 7) is 8.70. The standard InChI is InChI=1S/C33H28O7/c1-4-26-22-29(39-32(36)19-13-24-11-15-28(16-12-24)38-31(35)6-3)17-18-30(26)40-33(37)20-14-23-7-9-25(10-8-23)21-27(34)5-2/h5-20,22H,2-4,21H2,1H3/b19-13+,20-14+. The van der Waals surface area contributed by atoms with E-state index in [0.717, 1.165) is 17.2 Å². The van der Waals surface area contributed by atoms with Crippen LogP contribution in [0.4, 0.5) is 0 Å². The maximum atomic E-state index is 12.4. The van der Waals surface area contributed by atoms with Crippen LogP contribution in [-0.2, 0) is 32.0 Å². The van der Waals surface area contributed by atoms with Gasteiger partial charge in [-0.05, 0) is 77.2 Å². The summed E-state index contributed by atoms with van der Waals surface area (Å²) < 4.78 is 15.9. The SMILES string of the molecule is C=CC(=O)Cc1ccc(/C=C/C(=O)Oc2ccc(OC(=O)/C=C/c3ccc(OC(=O)C=C)cc3)cc2CC)cc1. The molecule has 202 valence electrons. The first-order valence-electron chi connectivity index (χ1n) is 12.4. The minimum atomic E-state index is -0.586. The quantitative estimate of drug-likeness (QED) is 0.162. The fraction of sp³-hybridized carbons (Fsp3) is 0.0909. The number of esters is 3. The summed E-state index contributed by atoms with van der Waals surface area (Å²) in [6, 6.07) is 18.6. The molecule has 40 heavy (non-hydrogen) atoms. The van der Waals surface area contributed by atoms with E-state index in [0.29, 0.717) is 34.8 Å². The van der Waals surface area contributed by atoms with Gasteiger partial charge in [0.1, 0.15) is 17.2 Å². The smallest absolute Gasteiger partial charge is 0.336 e. The summed E-state index contributed by atoms with van der Waals surface area (Å²) in [7, 11) is 0. The number of allylic oxidation sites excluding steroid dienone is 1. The van der Waals surface area contributed by atoms with Crippen molar-refractivity contribution in [3.8, 4) is 17.2 Å². The lowest BCUT2D eigenvalue weighted by Gasteiger charge is -2.09. The fourth-order valence-electron chi connectivity index (χ4n) is 3.44. The Morgan fingerprint density at radius 2 is 1.23 bits per heavy atom. The molecule has 0 saturated carbocycles. The number of benzene rings is 3. The molecule has 0 amide bonds. The van der Waals surface area contributed by atoms with Gasteiger partial charge < -0.3 is 14.2 Å². The van der Waals surface area contributed by atoms with Crippen LogP contribution in [0, 0.1) is 0 Å². The zero-order valence-electron chi connectivity index (χ0n) is 22.0. The molecule has 0 aromatic heterocycles. The van der Waals surface area contributed by atoms with Gasteiger partial charge in [-0.15, -0.1) is 0 Å². The Bertz CT molecular complexity index is 1460. The highest BCUT2D eigenvalue weighted by atomic mass is 16.5. The van der Waals surface area contributed by atoms with Gasteiger partial charge in [0.05, 0.1) is 0 Å². The Morgan fingerprint density at radius 1 is 0.675 bits per heavy atom. The van der Waals surface area contributed by atoms with Gasteiger partial charge in [-0.3, -0.25) is 4.79 Å². The van der Waals surface area contributed by atoms with Crippen molar-refractivity contribution >= 4 is 35.8 Å². The Balaban J connectivity index is 1.56. The monoisotopic (exact) mass is 536 g/mol. The van der Waals surface area contributed by atoms with E-state index in [1.165, 1.54) is 18.2 Å². The molecule has 0 atom stereocenters. The van der Waals surface area contributed by atoms with Gasteiger partial charge in [0, 0.05) is 24.6 Å². The van der Waals surface area contributed by atoms with Crippen molar-refractivity contribution in [2.24, 2.45) is 0 Å². The summed E-state index contributed by atoms with van der Waals surface area (Å²) in [4.78, 5) is 47.4. The number of hydrogen-bond donors (Lipinski definition) is 0. The second kappa shape index (κ2) is 14.6. The zero-order valence-corrected chi connectivity index (χ0v) is 22.0. The van der Waals surface area contributed by atoms with E-state index in [1.807, 2.05) is 19.1 Å². The Morgan fingerprint density at radius 3 is 1.80 bits per heavy atom. The maximum absolute atomic E-state index is 12.4. The molecule has 0 aliphatic rings. The van der Waals surface area contributed by atoms with Crippen LogP contribution in [0.5, 0.6) is 17.2 Å². The van der Waals surface area contributed by atoms with Crippen molar-refractivity contribution in [1.29, 1.82) is 0 Å². The molecule has 0 saturated heterocycles. The van der Waals surface area contributed by atoms with Crippen LogP contribution >= 0.6 is 0 Å². The highest BCUT2D eigenvalue weighted by molar-refractivity contribution is 5.91. The molecule has 3 aromatic rings. The fourth-order valence-corrected chi connectivity index (χ4v) is 3.44. The van der Waals surface area contributed by atoms with Crippen molar-refractivity contribution in [1.82, 2.24) is 0 Å². The summed E-state index contributed by atoms with van der Waals surface area (Å²) in [5, 5.41) is 0. The van der Waals surface area contributed by atoms with Gasteiger partial charge in [0.15, 0.2) is 5.78 Å². The van der Waals surface area contributed by atoms with Crippen molar-refractivity contribution in [3.05, 3.63) is 126 Å². The van der Waals surface area contributed by atoms with E-state index in [1.54, 1.807) is 66.7 Å². The third kappa shape index (κ3) is 9.22. The molecule has 0 aliphatic heterocycles. The number of ketones is 1. The number of carbonyl (C=O) groups is 4. The molecule has 0 fully saturated rings. The third-order valence-electron chi connectivity index (χ3n) is 5.52. The highest BCUT2D eigenvalue weighted by Gasteiger charge is 2.10. The second-order valence-corrected chi connectivity index (χ2v) is 8.41. The first-order chi connectivity index (χ1) is 19.3.